The summed E-state index contributed by atoms with van der Waals surface area (Å²) in [5.41, 5.74) is 2.92. The quantitative estimate of drug-likeness (QED) is 0.466. The first-order valence-corrected chi connectivity index (χ1v) is 9.79. The molecule has 8 nitrogen and oxygen atoms in total. The Morgan fingerprint density at radius 2 is 1.28 bits per heavy atom. The van der Waals surface area contributed by atoms with E-state index in [2.05, 4.69) is 20.8 Å². The molecule has 0 saturated carbocycles. The number of carbonyl (C=O) groups is 2. The summed E-state index contributed by atoms with van der Waals surface area (Å²) >= 11 is 0. The predicted molar refractivity (Wildman–Crippen MR) is 120 cm³/mol. The third kappa shape index (κ3) is 4.81. The van der Waals surface area contributed by atoms with Gasteiger partial charge in [-0.05, 0) is 79.7 Å². The zero-order valence-electron chi connectivity index (χ0n) is 17.5. The Kier molecular flexibility index (Phi) is 5.94. The van der Waals surface area contributed by atoms with Gasteiger partial charge in [0.2, 0.25) is 0 Å². The van der Waals surface area contributed by atoms with Crippen LogP contribution < -0.4 is 15.4 Å². The minimum atomic E-state index is -0.270. The molecule has 0 spiro atoms. The average Bonchev–Trinajstić information content (AvgIpc) is 3.26. The van der Waals surface area contributed by atoms with Gasteiger partial charge in [-0.25, -0.2) is 0 Å². The van der Waals surface area contributed by atoms with Crippen LogP contribution in [0, 0.1) is 6.92 Å². The molecule has 0 aliphatic carbocycles. The van der Waals surface area contributed by atoms with E-state index in [0.29, 0.717) is 40.0 Å². The number of amides is 2. The highest BCUT2D eigenvalue weighted by Gasteiger charge is 2.11. The van der Waals surface area contributed by atoms with Gasteiger partial charge in [-0.1, -0.05) is 5.16 Å². The van der Waals surface area contributed by atoms with Crippen LogP contribution in [0.25, 0.3) is 11.5 Å². The van der Waals surface area contributed by atoms with Gasteiger partial charge in [-0.3, -0.25) is 9.59 Å². The van der Waals surface area contributed by atoms with Crippen molar-refractivity contribution in [2.24, 2.45) is 0 Å². The summed E-state index contributed by atoms with van der Waals surface area (Å²) in [7, 11) is 1.58. The van der Waals surface area contributed by atoms with Crippen molar-refractivity contribution in [1.29, 1.82) is 0 Å². The zero-order chi connectivity index (χ0) is 22.5. The van der Waals surface area contributed by atoms with E-state index in [-0.39, 0.29) is 11.8 Å². The maximum absolute atomic E-state index is 12.5. The van der Waals surface area contributed by atoms with Crippen molar-refractivity contribution in [3.63, 3.8) is 0 Å². The van der Waals surface area contributed by atoms with E-state index in [1.54, 1.807) is 86.8 Å². The second-order valence-corrected chi connectivity index (χ2v) is 6.94. The molecule has 4 aromatic rings. The molecular weight excluding hydrogens is 408 g/mol. The maximum Gasteiger partial charge on any atom is 0.257 e. The third-order valence-electron chi connectivity index (χ3n) is 4.67. The predicted octanol–water partition coefficient (Wildman–Crippen LogP) is 4.56. The van der Waals surface area contributed by atoms with Crippen LogP contribution in [0.15, 0.2) is 77.3 Å². The average molecular weight is 428 g/mol. The van der Waals surface area contributed by atoms with Crippen LogP contribution in [-0.4, -0.2) is 29.1 Å². The lowest BCUT2D eigenvalue weighted by atomic mass is 10.1. The van der Waals surface area contributed by atoms with E-state index in [1.165, 1.54) is 0 Å². The summed E-state index contributed by atoms with van der Waals surface area (Å²) < 4.78 is 10.2. The summed E-state index contributed by atoms with van der Waals surface area (Å²) in [6.07, 6.45) is 0. The fourth-order valence-corrected chi connectivity index (χ4v) is 2.96. The van der Waals surface area contributed by atoms with Crippen molar-refractivity contribution in [3.05, 3.63) is 89.7 Å². The lowest BCUT2D eigenvalue weighted by Gasteiger charge is -2.08. The summed E-state index contributed by atoms with van der Waals surface area (Å²) in [4.78, 5) is 29.1. The number of rotatable bonds is 6. The Labute approximate surface area is 184 Å². The molecule has 3 aromatic carbocycles. The molecule has 0 atom stereocenters. The molecule has 1 aromatic heterocycles. The molecule has 32 heavy (non-hydrogen) atoms. The minimum Gasteiger partial charge on any atom is -0.497 e. The Morgan fingerprint density at radius 3 is 1.75 bits per heavy atom. The first-order valence-electron chi connectivity index (χ1n) is 9.79. The Hall–Kier alpha value is -4.46. The molecule has 0 unspecified atom stereocenters. The summed E-state index contributed by atoms with van der Waals surface area (Å²) in [6.45, 7) is 1.74. The molecule has 2 amide bonds. The van der Waals surface area contributed by atoms with Gasteiger partial charge in [-0.2, -0.15) is 4.98 Å². The zero-order valence-corrected chi connectivity index (χ0v) is 17.5. The minimum absolute atomic E-state index is 0.250. The molecule has 4 rings (SSSR count). The van der Waals surface area contributed by atoms with E-state index in [0.717, 1.165) is 5.56 Å². The molecule has 0 saturated heterocycles. The van der Waals surface area contributed by atoms with Gasteiger partial charge in [0.15, 0.2) is 5.82 Å². The summed E-state index contributed by atoms with van der Waals surface area (Å²) in [5.74, 6) is 1.14. The topological polar surface area (TPSA) is 106 Å². The van der Waals surface area contributed by atoms with Crippen LogP contribution in [0.2, 0.25) is 0 Å². The normalized spacial score (nSPS) is 10.4. The number of benzene rings is 3. The van der Waals surface area contributed by atoms with Crippen molar-refractivity contribution >= 4 is 23.2 Å². The lowest BCUT2D eigenvalue weighted by molar-refractivity contribution is 0.102. The van der Waals surface area contributed by atoms with Crippen LogP contribution in [-0.2, 0) is 0 Å². The van der Waals surface area contributed by atoms with Crippen molar-refractivity contribution in [1.82, 2.24) is 10.1 Å². The van der Waals surface area contributed by atoms with Gasteiger partial charge in [0.25, 0.3) is 17.7 Å². The largest absolute Gasteiger partial charge is 0.497 e. The molecule has 1 heterocycles. The molecular formula is C24H20N4O4. The first kappa shape index (κ1) is 20.8. The molecule has 0 radical (unpaired) electrons. The third-order valence-corrected chi connectivity index (χ3v) is 4.67. The SMILES string of the molecule is COc1ccc(NC(=O)c2ccc(NC(=O)c3ccc(-c4nc(C)no4)cc3)cc2)cc1. The van der Waals surface area contributed by atoms with E-state index in [9.17, 15) is 9.59 Å². The van der Waals surface area contributed by atoms with Crippen molar-refractivity contribution in [3.8, 4) is 17.2 Å². The number of methoxy groups -OCH3 is 1. The number of ether oxygens (including phenoxy) is 1. The smallest absolute Gasteiger partial charge is 0.257 e. The molecule has 8 heteroatoms. The van der Waals surface area contributed by atoms with Gasteiger partial charge < -0.3 is 19.9 Å². The molecule has 160 valence electrons. The number of carbonyl (C=O) groups excluding carboxylic acids is 2. The molecule has 0 fully saturated rings. The van der Waals surface area contributed by atoms with Gasteiger partial charge in [0.05, 0.1) is 7.11 Å². The Morgan fingerprint density at radius 1 is 0.781 bits per heavy atom. The van der Waals surface area contributed by atoms with Crippen LogP contribution in [0.1, 0.15) is 26.5 Å². The van der Waals surface area contributed by atoms with Crippen molar-refractivity contribution in [2.75, 3.05) is 17.7 Å². The Balaban J connectivity index is 1.37. The molecule has 2 N–H and O–H groups in total. The standard InChI is InChI=1S/C24H20N4O4/c1-15-25-24(32-28-15)18-5-3-16(4-6-18)22(29)26-19-9-7-17(8-10-19)23(30)27-20-11-13-21(31-2)14-12-20/h3-14H,1-2H3,(H,26,29)(H,27,30). The van der Waals surface area contributed by atoms with Crippen LogP contribution in [0.4, 0.5) is 11.4 Å². The van der Waals surface area contributed by atoms with Crippen molar-refractivity contribution < 1.29 is 18.8 Å². The fraction of sp³-hybridized carbons (Fsp3) is 0.0833. The number of nitrogens with one attached hydrogen (secondary N) is 2. The summed E-state index contributed by atoms with van der Waals surface area (Å²) in [6, 6.07) is 20.6. The number of aromatic nitrogens is 2. The monoisotopic (exact) mass is 428 g/mol. The second kappa shape index (κ2) is 9.13. The number of hydrogen-bond acceptors (Lipinski definition) is 6. The molecule has 0 aliphatic heterocycles. The van der Waals surface area contributed by atoms with Crippen LogP contribution in [0.5, 0.6) is 5.75 Å². The van der Waals surface area contributed by atoms with Gasteiger partial charge in [-0.15, -0.1) is 0 Å². The molecule has 0 bridgehead atoms. The highest BCUT2D eigenvalue weighted by atomic mass is 16.5. The second-order valence-electron chi connectivity index (χ2n) is 6.94. The van der Waals surface area contributed by atoms with E-state index >= 15 is 0 Å². The van der Waals surface area contributed by atoms with Crippen LogP contribution >= 0.6 is 0 Å². The van der Waals surface area contributed by atoms with Gasteiger partial charge in [0, 0.05) is 28.1 Å². The van der Waals surface area contributed by atoms with E-state index in [1.807, 2.05) is 0 Å². The molecule has 0 aliphatic rings. The van der Waals surface area contributed by atoms with E-state index in [4.69, 9.17) is 9.26 Å². The van der Waals surface area contributed by atoms with Gasteiger partial charge >= 0.3 is 0 Å². The number of anilines is 2. The first-order chi connectivity index (χ1) is 15.5. The lowest BCUT2D eigenvalue weighted by Crippen LogP contribution is -2.13. The Bertz CT molecular complexity index is 1230. The maximum atomic E-state index is 12.5. The highest BCUT2D eigenvalue weighted by Crippen LogP contribution is 2.19. The van der Waals surface area contributed by atoms with Crippen molar-refractivity contribution in [2.45, 2.75) is 6.92 Å². The fourth-order valence-electron chi connectivity index (χ4n) is 2.96. The number of nitrogens with zero attached hydrogens (tertiary/aromatic N) is 2. The van der Waals surface area contributed by atoms with E-state index < -0.39 is 0 Å². The van der Waals surface area contributed by atoms with Crippen LogP contribution in [0.3, 0.4) is 0 Å². The summed E-state index contributed by atoms with van der Waals surface area (Å²) in [5, 5.41) is 9.39. The van der Waals surface area contributed by atoms with Gasteiger partial charge in [0.1, 0.15) is 5.75 Å². The highest BCUT2D eigenvalue weighted by molar-refractivity contribution is 6.06. The number of aryl methyl sites for hydroxylation is 1. The number of hydrogen-bond donors (Lipinski definition) is 2.